The number of hydrogen-bond donors (Lipinski definition) is 1. The standard InChI is InChI=1S/C20H15ClN4O2/c1-27-17-12-11-16(13-7-3-2-4-8-13)25-18(17)22-20(24-25)23-19(26)14-9-5-6-10-15(14)21/h2-12H,1H3,(H,23,24,26). The topological polar surface area (TPSA) is 68.5 Å². The number of halogens is 1. The number of aromatic nitrogens is 3. The van der Waals surface area contributed by atoms with Crippen LogP contribution in [-0.2, 0) is 0 Å². The molecule has 7 heteroatoms. The first kappa shape index (κ1) is 17.1. The number of benzene rings is 2. The normalized spacial score (nSPS) is 10.7. The van der Waals surface area contributed by atoms with Crippen LogP contribution in [0, 0.1) is 0 Å². The largest absolute Gasteiger partial charge is 0.493 e. The molecule has 2 aromatic carbocycles. The van der Waals surface area contributed by atoms with Crippen LogP contribution in [-0.4, -0.2) is 27.6 Å². The molecule has 0 aliphatic rings. The van der Waals surface area contributed by atoms with Crippen molar-refractivity contribution in [1.82, 2.24) is 14.6 Å². The number of carbonyl (C=O) groups is 1. The van der Waals surface area contributed by atoms with Gasteiger partial charge in [-0.3, -0.25) is 10.1 Å². The molecule has 2 aromatic heterocycles. The van der Waals surface area contributed by atoms with Gasteiger partial charge < -0.3 is 4.74 Å². The lowest BCUT2D eigenvalue weighted by Crippen LogP contribution is -2.13. The number of methoxy groups -OCH3 is 1. The Kier molecular flexibility index (Phi) is 4.48. The van der Waals surface area contributed by atoms with Crippen LogP contribution in [0.3, 0.4) is 0 Å². The van der Waals surface area contributed by atoms with E-state index in [1.807, 2.05) is 42.5 Å². The summed E-state index contributed by atoms with van der Waals surface area (Å²) in [6.07, 6.45) is 0. The maximum Gasteiger partial charge on any atom is 0.259 e. The van der Waals surface area contributed by atoms with E-state index in [2.05, 4.69) is 15.4 Å². The molecule has 0 unspecified atom stereocenters. The molecule has 0 bridgehead atoms. The third-order valence-corrected chi connectivity index (χ3v) is 4.41. The van der Waals surface area contributed by atoms with Gasteiger partial charge in [0.1, 0.15) is 0 Å². The lowest BCUT2D eigenvalue weighted by molar-refractivity contribution is 0.102. The summed E-state index contributed by atoms with van der Waals surface area (Å²) < 4.78 is 7.03. The highest BCUT2D eigenvalue weighted by Crippen LogP contribution is 2.27. The van der Waals surface area contributed by atoms with Crippen LogP contribution in [0.2, 0.25) is 5.02 Å². The molecule has 6 nitrogen and oxygen atoms in total. The first-order chi connectivity index (χ1) is 13.2. The first-order valence-corrected chi connectivity index (χ1v) is 8.60. The summed E-state index contributed by atoms with van der Waals surface area (Å²) in [6, 6.07) is 20.3. The highest BCUT2D eigenvalue weighted by atomic mass is 35.5. The van der Waals surface area contributed by atoms with Gasteiger partial charge in [0.25, 0.3) is 5.91 Å². The quantitative estimate of drug-likeness (QED) is 0.574. The van der Waals surface area contributed by atoms with Gasteiger partial charge in [-0.05, 0) is 24.3 Å². The maximum atomic E-state index is 12.5. The summed E-state index contributed by atoms with van der Waals surface area (Å²) in [7, 11) is 1.56. The van der Waals surface area contributed by atoms with Gasteiger partial charge in [-0.2, -0.15) is 4.98 Å². The van der Waals surface area contributed by atoms with Gasteiger partial charge in [-0.1, -0.05) is 54.1 Å². The van der Waals surface area contributed by atoms with Crippen LogP contribution in [0.15, 0.2) is 66.7 Å². The molecule has 0 spiro atoms. The number of fused-ring (bicyclic) bond motifs is 1. The molecule has 1 N–H and O–H groups in total. The van der Waals surface area contributed by atoms with E-state index in [-0.39, 0.29) is 11.9 Å². The Bertz CT molecular complexity index is 1130. The molecule has 0 radical (unpaired) electrons. The van der Waals surface area contributed by atoms with Crippen LogP contribution in [0.25, 0.3) is 16.9 Å². The van der Waals surface area contributed by atoms with Crippen molar-refractivity contribution in [3.63, 3.8) is 0 Å². The Balaban J connectivity index is 1.77. The van der Waals surface area contributed by atoms with Gasteiger partial charge in [0.05, 0.1) is 23.4 Å². The number of amides is 1. The van der Waals surface area contributed by atoms with Gasteiger partial charge >= 0.3 is 0 Å². The lowest BCUT2D eigenvalue weighted by Gasteiger charge is -2.06. The molecule has 4 rings (SSSR count). The second kappa shape index (κ2) is 7.09. The zero-order chi connectivity index (χ0) is 18.8. The van der Waals surface area contributed by atoms with E-state index >= 15 is 0 Å². The number of nitrogens with one attached hydrogen (secondary N) is 1. The number of pyridine rings is 1. The Morgan fingerprint density at radius 2 is 1.78 bits per heavy atom. The lowest BCUT2D eigenvalue weighted by atomic mass is 10.1. The van der Waals surface area contributed by atoms with E-state index in [9.17, 15) is 4.79 Å². The number of rotatable bonds is 4. The summed E-state index contributed by atoms with van der Waals surface area (Å²) in [5.74, 6) is 0.346. The van der Waals surface area contributed by atoms with Gasteiger partial charge in [-0.25, -0.2) is 4.52 Å². The third-order valence-electron chi connectivity index (χ3n) is 4.08. The fourth-order valence-electron chi connectivity index (χ4n) is 2.79. The van der Waals surface area contributed by atoms with Crippen molar-refractivity contribution in [3.05, 3.63) is 77.3 Å². The summed E-state index contributed by atoms with van der Waals surface area (Å²) in [5, 5.41) is 7.50. The zero-order valence-corrected chi connectivity index (χ0v) is 15.1. The van der Waals surface area contributed by atoms with Crippen LogP contribution in [0.1, 0.15) is 10.4 Å². The average molecular weight is 379 g/mol. The van der Waals surface area contributed by atoms with Crippen molar-refractivity contribution in [1.29, 1.82) is 0 Å². The molecule has 0 aliphatic heterocycles. The average Bonchev–Trinajstić information content (AvgIpc) is 3.11. The van der Waals surface area contributed by atoms with Crippen molar-refractivity contribution in [3.8, 4) is 17.0 Å². The maximum absolute atomic E-state index is 12.5. The number of nitrogens with zero attached hydrogens (tertiary/aromatic N) is 3. The smallest absolute Gasteiger partial charge is 0.259 e. The fourth-order valence-corrected chi connectivity index (χ4v) is 3.01. The molecule has 0 fully saturated rings. The predicted octanol–water partition coefficient (Wildman–Crippen LogP) is 4.31. The Morgan fingerprint density at radius 3 is 2.52 bits per heavy atom. The number of carbonyl (C=O) groups excluding carboxylic acids is 1. The Morgan fingerprint density at radius 1 is 1.04 bits per heavy atom. The molecule has 2 heterocycles. The molecule has 0 aliphatic carbocycles. The third kappa shape index (κ3) is 3.22. The van der Waals surface area contributed by atoms with Crippen molar-refractivity contribution < 1.29 is 9.53 Å². The number of anilines is 1. The van der Waals surface area contributed by atoms with Crippen molar-refractivity contribution in [2.24, 2.45) is 0 Å². The van der Waals surface area contributed by atoms with E-state index < -0.39 is 0 Å². The summed E-state index contributed by atoms with van der Waals surface area (Å²) in [6.45, 7) is 0. The molecular formula is C20H15ClN4O2. The van der Waals surface area contributed by atoms with Gasteiger partial charge in [0, 0.05) is 5.56 Å². The first-order valence-electron chi connectivity index (χ1n) is 8.22. The summed E-state index contributed by atoms with van der Waals surface area (Å²) in [4.78, 5) is 16.9. The fraction of sp³-hybridized carbons (Fsp3) is 0.0500. The van der Waals surface area contributed by atoms with E-state index in [0.717, 1.165) is 11.3 Å². The second-order valence-corrected chi connectivity index (χ2v) is 6.16. The zero-order valence-electron chi connectivity index (χ0n) is 14.4. The van der Waals surface area contributed by atoms with E-state index in [0.29, 0.717) is 22.0 Å². The molecular weight excluding hydrogens is 364 g/mol. The van der Waals surface area contributed by atoms with E-state index in [1.165, 1.54) is 0 Å². The molecule has 4 aromatic rings. The minimum Gasteiger partial charge on any atom is -0.493 e. The molecule has 0 saturated carbocycles. The van der Waals surface area contributed by atoms with Gasteiger partial charge in [-0.15, -0.1) is 5.10 Å². The van der Waals surface area contributed by atoms with Crippen LogP contribution in [0.4, 0.5) is 5.95 Å². The van der Waals surface area contributed by atoms with Crippen LogP contribution >= 0.6 is 11.6 Å². The van der Waals surface area contributed by atoms with Crippen molar-refractivity contribution >= 4 is 29.1 Å². The molecule has 0 atom stereocenters. The summed E-state index contributed by atoms with van der Waals surface area (Å²) >= 11 is 6.09. The highest BCUT2D eigenvalue weighted by molar-refractivity contribution is 6.34. The van der Waals surface area contributed by atoms with E-state index in [1.54, 1.807) is 35.9 Å². The van der Waals surface area contributed by atoms with E-state index in [4.69, 9.17) is 16.3 Å². The minimum absolute atomic E-state index is 0.168. The monoisotopic (exact) mass is 378 g/mol. The Hall–Kier alpha value is -3.38. The van der Waals surface area contributed by atoms with Crippen LogP contribution < -0.4 is 10.1 Å². The number of ether oxygens (including phenoxy) is 1. The summed E-state index contributed by atoms with van der Waals surface area (Å²) in [5.41, 5.74) is 2.66. The SMILES string of the molecule is COc1ccc(-c2ccccc2)n2nc(NC(=O)c3ccccc3Cl)nc12. The van der Waals surface area contributed by atoms with Gasteiger partial charge in [0.2, 0.25) is 5.95 Å². The van der Waals surface area contributed by atoms with Crippen LogP contribution in [0.5, 0.6) is 5.75 Å². The van der Waals surface area contributed by atoms with Crippen molar-refractivity contribution in [2.75, 3.05) is 12.4 Å². The second-order valence-electron chi connectivity index (χ2n) is 5.76. The molecule has 27 heavy (non-hydrogen) atoms. The minimum atomic E-state index is -0.378. The molecule has 0 saturated heterocycles. The molecule has 1 amide bonds. The van der Waals surface area contributed by atoms with Gasteiger partial charge in [0.15, 0.2) is 11.4 Å². The highest BCUT2D eigenvalue weighted by Gasteiger charge is 2.16. The predicted molar refractivity (Wildman–Crippen MR) is 104 cm³/mol. The molecule has 134 valence electrons. The Labute approximate surface area is 160 Å². The van der Waals surface area contributed by atoms with Crippen molar-refractivity contribution in [2.45, 2.75) is 0 Å². The number of hydrogen-bond acceptors (Lipinski definition) is 4.